The molecule has 4 N–H and O–H groups in total. The maximum atomic E-state index is 12.1. The predicted octanol–water partition coefficient (Wildman–Crippen LogP) is 2.30. The van der Waals surface area contributed by atoms with Crippen LogP contribution in [0.2, 0.25) is 0 Å². The molecule has 0 fully saturated rings. The molecule has 0 aliphatic heterocycles. The molecular weight excluding hydrogens is 290 g/mol. The Labute approximate surface area is 136 Å². The molecule has 2 rings (SSSR count). The van der Waals surface area contributed by atoms with E-state index in [1.165, 1.54) is 0 Å². The van der Waals surface area contributed by atoms with Crippen molar-refractivity contribution >= 4 is 11.7 Å². The van der Waals surface area contributed by atoms with E-state index in [0.717, 1.165) is 17.5 Å². The average Bonchev–Trinajstić information content (AvgIpc) is 2.52. The van der Waals surface area contributed by atoms with Crippen LogP contribution in [0.3, 0.4) is 0 Å². The first-order valence-corrected chi connectivity index (χ1v) is 7.64. The Kier molecular flexibility index (Phi) is 5.34. The highest BCUT2D eigenvalue weighted by Gasteiger charge is 2.12. The number of nitrogens with zero attached hydrogens (tertiary/aromatic N) is 1. The van der Waals surface area contributed by atoms with Crippen molar-refractivity contribution in [3.8, 4) is 0 Å². The number of benzene rings is 1. The number of aliphatic hydroxyl groups is 1. The number of carbonyl (C=O) groups is 1. The summed E-state index contributed by atoms with van der Waals surface area (Å²) in [4.78, 5) is 16.1. The number of nitrogens with one attached hydrogen (secondary N) is 1. The Morgan fingerprint density at radius 3 is 2.57 bits per heavy atom. The number of carbonyl (C=O) groups excluding carboxylic acids is 1. The summed E-state index contributed by atoms with van der Waals surface area (Å²) in [6.45, 7) is 3.93. The van der Waals surface area contributed by atoms with Crippen molar-refractivity contribution in [2.24, 2.45) is 0 Å². The highest BCUT2D eigenvalue weighted by Crippen LogP contribution is 2.14. The summed E-state index contributed by atoms with van der Waals surface area (Å²) in [5.41, 5.74) is 7.56. The summed E-state index contributed by atoms with van der Waals surface area (Å²) in [6.07, 6.45) is 3.07. The molecule has 1 heterocycles. The van der Waals surface area contributed by atoms with Crippen LogP contribution in [0.1, 0.15) is 41.8 Å². The molecule has 0 aliphatic rings. The monoisotopic (exact) mass is 313 g/mol. The summed E-state index contributed by atoms with van der Waals surface area (Å²) in [6, 6.07) is 11.0. The first kappa shape index (κ1) is 17.0. The molecule has 0 saturated carbocycles. The summed E-state index contributed by atoms with van der Waals surface area (Å²) < 4.78 is 0. The standard InChI is InChI=1S/C18H23N3O2/c1-18(2,23)10-9-13-5-7-14(8-6-13)17(22)21-12-15-4-3-11-20-16(15)19/h3-8,11,23H,9-10,12H2,1-2H3,(H2,19,20)(H,21,22). The molecular formula is C18H23N3O2. The van der Waals surface area contributed by atoms with Crippen LogP contribution in [0.25, 0.3) is 0 Å². The van der Waals surface area contributed by atoms with Gasteiger partial charge in [-0.05, 0) is 50.5 Å². The molecule has 23 heavy (non-hydrogen) atoms. The molecule has 1 amide bonds. The molecule has 0 atom stereocenters. The average molecular weight is 313 g/mol. The predicted molar refractivity (Wildman–Crippen MR) is 90.9 cm³/mol. The van der Waals surface area contributed by atoms with Gasteiger partial charge in [0.15, 0.2) is 0 Å². The lowest BCUT2D eigenvalue weighted by Crippen LogP contribution is -2.23. The second-order valence-corrected chi connectivity index (χ2v) is 6.24. The van der Waals surface area contributed by atoms with E-state index in [-0.39, 0.29) is 5.91 Å². The van der Waals surface area contributed by atoms with Crippen LogP contribution in [0.15, 0.2) is 42.6 Å². The van der Waals surface area contributed by atoms with E-state index in [9.17, 15) is 9.90 Å². The number of hydrogen-bond donors (Lipinski definition) is 3. The van der Waals surface area contributed by atoms with E-state index in [0.29, 0.717) is 24.3 Å². The minimum Gasteiger partial charge on any atom is -0.390 e. The zero-order valence-electron chi connectivity index (χ0n) is 13.5. The molecule has 5 nitrogen and oxygen atoms in total. The van der Waals surface area contributed by atoms with Crippen molar-refractivity contribution in [1.82, 2.24) is 10.3 Å². The van der Waals surface area contributed by atoms with Gasteiger partial charge in [-0.15, -0.1) is 0 Å². The largest absolute Gasteiger partial charge is 0.390 e. The lowest BCUT2D eigenvalue weighted by atomic mass is 9.98. The normalized spacial score (nSPS) is 11.3. The van der Waals surface area contributed by atoms with Gasteiger partial charge in [-0.3, -0.25) is 4.79 Å². The topological polar surface area (TPSA) is 88.2 Å². The first-order valence-electron chi connectivity index (χ1n) is 7.64. The van der Waals surface area contributed by atoms with Gasteiger partial charge in [-0.1, -0.05) is 18.2 Å². The first-order chi connectivity index (χ1) is 10.8. The number of nitrogen functional groups attached to an aromatic ring is 1. The number of anilines is 1. The molecule has 0 radical (unpaired) electrons. The summed E-state index contributed by atoms with van der Waals surface area (Å²) in [7, 11) is 0. The Hall–Kier alpha value is -2.40. The summed E-state index contributed by atoms with van der Waals surface area (Å²) >= 11 is 0. The summed E-state index contributed by atoms with van der Waals surface area (Å²) in [5, 5.41) is 12.6. The smallest absolute Gasteiger partial charge is 0.251 e. The minimum atomic E-state index is -0.681. The van der Waals surface area contributed by atoms with E-state index in [1.54, 1.807) is 38.2 Å². The van der Waals surface area contributed by atoms with Gasteiger partial charge in [0.25, 0.3) is 5.91 Å². The van der Waals surface area contributed by atoms with E-state index in [2.05, 4.69) is 10.3 Å². The van der Waals surface area contributed by atoms with Gasteiger partial charge >= 0.3 is 0 Å². The number of amides is 1. The number of pyridine rings is 1. The second-order valence-electron chi connectivity index (χ2n) is 6.24. The molecule has 122 valence electrons. The number of hydrogen-bond acceptors (Lipinski definition) is 4. The van der Waals surface area contributed by atoms with Crippen LogP contribution in [0.4, 0.5) is 5.82 Å². The van der Waals surface area contributed by atoms with Gasteiger partial charge in [-0.2, -0.15) is 0 Å². The zero-order valence-corrected chi connectivity index (χ0v) is 13.5. The van der Waals surface area contributed by atoms with Crippen molar-refractivity contribution in [2.45, 2.75) is 38.8 Å². The van der Waals surface area contributed by atoms with Crippen LogP contribution in [-0.4, -0.2) is 21.6 Å². The molecule has 0 spiro atoms. The Balaban J connectivity index is 1.91. The molecule has 5 heteroatoms. The van der Waals surface area contributed by atoms with Crippen LogP contribution in [0.5, 0.6) is 0 Å². The Morgan fingerprint density at radius 2 is 1.96 bits per heavy atom. The molecule has 2 aromatic rings. The van der Waals surface area contributed by atoms with Crippen LogP contribution in [0, 0.1) is 0 Å². The van der Waals surface area contributed by atoms with Crippen LogP contribution in [-0.2, 0) is 13.0 Å². The number of aryl methyl sites for hydroxylation is 1. The Bertz CT molecular complexity index is 661. The van der Waals surface area contributed by atoms with Crippen molar-refractivity contribution in [1.29, 1.82) is 0 Å². The van der Waals surface area contributed by atoms with Gasteiger partial charge in [0, 0.05) is 23.9 Å². The fraction of sp³-hybridized carbons (Fsp3) is 0.333. The highest BCUT2D eigenvalue weighted by atomic mass is 16.3. The fourth-order valence-corrected chi connectivity index (χ4v) is 2.15. The van der Waals surface area contributed by atoms with Gasteiger partial charge in [0.1, 0.15) is 5.82 Å². The van der Waals surface area contributed by atoms with Gasteiger partial charge in [0.05, 0.1) is 5.60 Å². The number of nitrogens with two attached hydrogens (primary N) is 1. The van der Waals surface area contributed by atoms with E-state index < -0.39 is 5.60 Å². The van der Waals surface area contributed by atoms with Gasteiger partial charge in [-0.25, -0.2) is 4.98 Å². The maximum absolute atomic E-state index is 12.1. The number of rotatable bonds is 6. The molecule has 1 aromatic carbocycles. The van der Waals surface area contributed by atoms with Gasteiger partial charge in [0.2, 0.25) is 0 Å². The zero-order chi connectivity index (χ0) is 16.9. The second kappa shape index (κ2) is 7.24. The van der Waals surface area contributed by atoms with Crippen molar-refractivity contribution in [3.05, 3.63) is 59.3 Å². The molecule has 0 bridgehead atoms. The Morgan fingerprint density at radius 1 is 1.26 bits per heavy atom. The molecule has 0 unspecified atom stereocenters. The third kappa shape index (κ3) is 5.38. The molecule has 0 saturated heterocycles. The van der Waals surface area contributed by atoms with Crippen LogP contribution < -0.4 is 11.1 Å². The van der Waals surface area contributed by atoms with E-state index in [4.69, 9.17) is 5.73 Å². The minimum absolute atomic E-state index is 0.151. The van der Waals surface area contributed by atoms with Gasteiger partial charge < -0.3 is 16.2 Å². The quantitative estimate of drug-likeness (QED) is 0.763. The maximum Gasteiger partial charge on any atom is 0.251 e. The highest BCUT2D eigenvalue weighted by molar-refractivity contribution is 5.94. The third-order valence-corrected chi connectivity index (χ3v) is 3.61. The third-order valence-electron chi connectivity index (χ3n) is 3.61. The van der Waals surface area contributed by atoms with E-state index in [1.807, 2.05) is 18.2 Å². The fourth-order valence-electron chi connectivity index (χ4n) is 2.15. The molecule has 0 aliphatic carbocycles. The van der Waals surface area contributed by atoms with Crippen LogP contribution >= 0.6 is 0 Å². The van der Waals surface area contributed by atoms with Crippen molar-refractivity contribution < 1.29 is 9.90 Å². The lowest BCUT2D eigenvalue weighted by Gasteiger charge is -2.16. The van der Waals surface area contributed by atoms with Crippen molar-refractivity contribution in [3.63, 3.8) is 0 Å². The van der Waals surface area contributed by atoms with E-state index >= 15 is 0 Å². The van der Waals surface area contributed by atoms with Crippen molar-refractivity contribution in [2.75, 3.05) is 5.73 Å². The molecule has 1 aromatic heterocycles. The SMILES string of the molecule is CC(C)(O)CCc1ccc(C(=O)NCc2cccnc2N)cc1. The summed E-state index contributed by atoms with van der Waals surface area (Å²) in [5.74, 6) is 0.275. The lowest BCUT2D eigenvalue weighted by molar-refractivity contribution is 0.0713. The number of aromatic nitrogens is 1.